The minimum absolute atomic E-state index is 0.0438. The van der Waals surface area contributed by atoms with E-state index in [2.05, 4.69) is 10.3 Å². The number of alkyl halides is 1. The first kappa shape index (κ1) is 26.8. The number of fused-ring (bicyclic) bond motifs is 1. The number of pyridine rings is 1. The molecule has 3 aliphatic rings. The van der Waals surface area contributed by atoms with Gasteiger partial charge in [-0.2, -0.15) is 4.98 Å². The van der Waals surface area contributed by atoms with Crippen LogP contribution in [0.3, 0.4) is 0 Å². The highest BCUT2D eigenvalue weighted by Crippen LogP contribution is 2.63. The summed E-state index contributed by atoms with van der Waals surface area (Å²) in [6.07, 6.45) is 8.00. The van der Waals surface area contributed by atoms with Crippen LogP contribution in [-0.2, 0) is 11.0 Å². The van der Waals surface area contributed by atoms with Crippen LogP contribution < -0.4 is 10.9 Å². The topological polar surface area (TPSA) is 80.1 Å². The van der Waals surface area contributed by atoms with Crippen LogP contribution in [0, 0.1) is 18.3 Å². The minimum atomic E-state index is -1.35. The lowest BCUT2D eigenvalue weighted by Crippen LogP contribution is -2.45. The van der Waals surface area contributed by atoms with Crippen LogP contribution in [0.2, 0.25) is 5.02 Å². The van der Waals surface area contributed by atoms with Crippen molar-refractivity contribution in [2.24, 2.45) is 11.3 Å². The molecule has 2 atom stereocenters. The van der Waals surface area contributed by atoms with Gasteiger partial charge in [0.15, 0.2) is 0 Å². The molecule has 1 aromatic carbocycles. The van der Waals surface area contributed by atoms with Crippen molar-refractivity contribution in [1.29, 1.82) is 0 Å². The number of anilines is 2. The number of benzene rings is 1. The molecule has 1 N–H and O–H groups in total. The number of aryl methyl sites for hydroxylation is 1. The first-order valence-corrected chi connectivity index (χ1v) is 15.4. The van der Waals surface area contributed by atoms with Crippen molar-refractivity contribution in [2.45, 2.75) is 82.3 Å². The van der Waals surface area contributed by atoms with Gasteiger partial charge in [0.2, 0.25) is 5.95 Å². The SMILES string of the molecule is Cc1cc(S(=O)N2CCC(F)(C(C)C)CC2)ccc1Nc1ncc2cc(Cl)c(=O)n(C3CCCC34CC4)c2n1. The highest BCUT2D eigenvalue weighted by molar-refractivity contribution is 7.82. The van der Waals surface area contributed by atoms with Crippen LogP contribution in [0.15, 0.2) is 40.2 Å². The molecule has 1 aliphatic heterocycles. The zero-order valence-corrected chi connectivity index (χ0v) is 24.2. The minimum Gasteiger partial charge on any atom is -0.324 e. The van der Waals surface area contributed by atoms with Crippen LogP contribution in [0.1, 0.15) is 70.4 Å². The average molecular weight is 572 g/mol. The Kier molecular flexibility index (Phi) is 6.83. The van der Waals surface area contributed by atoms with Gasteiger partial charge in [0, 0.05) is 36.4 Å². The lowest BCUT2D eigenvalue weighted by atomic mass is 9.84. The van der Waals surface area contributed by atoms with Crippen LogP contribution >= 0.6 is 11.6 Å². The summed E-state index contributed by atoms with van der Waals surface area (Å²) >= 11 is 6.35. The number of rotatable bonds is 6. The zero-order chi connectivity index (χ0) is 27.5. The molecular weight excluding hydrogens is 537 g/mol. The van der Waals surface area contributed by atoms with Gasteiger partial charge in [0.05, 0.1) is 4.90 Å². The Balaban J connectivity index is 1.24. The third kappa shape index (κ3) is 4.80. The van der Waals surface area contributed by atoms with E-state index in [4.69, 9.17) is 16.6 Å². The van der Waals surface area contributed by atoms with E-state index in [0.29, 0.717) is 42.4 Å². The molecule has 2 saturated carbocycles. The van der Waals surface area contributed by atoms with Gasteiger partial charge in [-0.3, -0.25) is 9.36 Å². The zero-order valence-electron chi connectivity index (χ0n) is 22.7. The van der Waals surface area contributed by atoms with Crippen LogP contribution in [-0.4, -0.2) is 41.8 Å². The van der Waals surface area contributed by atoms with Crippen molar-refractivity contribution < 1.29 is 8.60 Å². The van der Waals surface area contributed by atoms with Crippen molar-refractivity contribution in [3.05, 3.63) is 51.4 Å². The second-order valence-electron chi connectivity index (χ2n) is 11.9. The number of nitrogens with zero attached hydrogens (tertiary/aromatic N) is 4. The second kappa shape index (κ2) is 9.93. The van der Waals surface area contributed by atoms with Crippen molar-refractivity contribution in [3.8, 4) is 0 Å². The van der Waals surface area contributed by atoms with Gasteiger partial charge in [-0.1, -0.05) is 31.9 Å². The van der Waals surface area contributed by atoms with E-state index < -0.39 is 16.7 Å². The summed E-state index contributed by atoms with van der Waals surface area (Å²) in [5, 5.41) is 4.23. The largest absolute Gasteiger partial charge is 0.324 e. The molecule has 1 saturated heterocycles. The number of hydrogen-bond acceptors (Lipinski definition) is 5. The van der Waals surface area contributed by atoms with Gasteiger partial charge >= 0.3 is 0 Å². The smallest absolute Gasteiger partial charge is 0.271 e. The van der Waals surface area contributed by atoms with E-state index in [1.807, 2.05) is 47.8 Å². The lowest BCUT2D eigenvalue weighted by Gasteiger charge is -2.38. The summed E-state index contributed by atoms with van der Waals surface area (Å²) in [7, 11) is -1.35. The first-order chi connectivity index (χ1) is 18.6. The summed E-state index contributed by atoms with van der Waals surface area (Å²) in [5.41, 5.74) is 1.12. The van der Waals surface area contributed by atoms with Crippen molar-refractivity contribution >= 4 is 45.3 Å². The van der Waals surface area contributed by atoms with Gasteiger partial charge in [0.1, 0.15) is 27.3 Å². The molecule has 2 aliphatic carbocycles. The third-order valence-corrected chi connectivity index (χ3v) is 11.0. The number of aromatic nitrogens is 3. The molecular formula is C29H35ClFN5O2S. The molecule has 7 nitrogen and oxygen atoms in total. The Bertz CT molecular complexity index is 1510. The standard InChI is InChI=1S/C29H35ClFN5O2S/c1-18(2)29(31)11-13-35(14-12-29)39(38)21-6-7-23(19(3)15-21)33-27-32-17-20-16-22(30)26(37)36(25(20)34-27)24-5-4-8-28(24)9-10-28/h6-7,15-18,24H,4-5,8-14H2,1-3H3,(H,32,33,34). The van der Waals surface area contributed by atoms with Crippen molar-refractivity contribution in [3.63, 3.8) is 0 Å². The molecule has 0 radical (unpaired) electrons. The summed E-state index contributed by atoms with van der Waals surface area (Å²) in [6, 6.07) is 7.36. The highest BCUT2D eigenvalue weighted by Gasteiger charge is 2.53. The van der Waals surface area contributed by atoms with Gasteiger partial charge in [-0.05, 0) is 86.6 Å². The normalized spacial score (nSPS) is 23.0. The maximum absolute atomic E-state index is 15.0. The molecule has 2 unspecified atom stereocenters. The second-order valence-corrected chi connectivity index (χ2v) is 13.8. The first-order valence-electron chi connectivity index (χ1n) is 13.9. The molecule has 6 rings (SSSR count). The van der Waals surface area contributed by atoms with E-state index in [1.54, 1.807) is 12.3 Å². The van der Waals surface area contributed by atoms with Gasteiger partial charge in [-0.25, -0.2) is 17.9 Å². The Hall–Kier alpha value is -2.36. The van der Waals surface area contributed by atoms with E-state index in [0.717, 1.165) is 48.7 Å². The Morgan fingerprint density at radius 2 is 1.90 bits per heavy atom. The maximum atomic E-state index is 15.0. The maximum Gasteiger partial charge on any atom is 0.271 e. The summed E-state index contributed by atoms with van der Waals surface area (Å²) in [5.74, 6) is 0.347. The summed E-state index contributed by atoms with van der Waals surface area (Å²) < 4.78 is 31.9. The van der Waals surface area contributed by atoms with E-state index in [-0.39, 0.29) is 28.0 Å². The van der Waals surface area contributed by atoms with Gasteiger partial charge < -0.3 is 5.32 Å². The number of nitrogens with one attached hydrogen (secondary N) is 1. The molecule has 1 spiro atoms. The van der Waals surface area contributed by atoms with E-state index in [1.165, 1.54) is 0 Å². The molecule has 3 heterocycles. The molecule has 0 amide bonds. The monoisotopic (exact) mass is 571 g/mol. The molecule has 10 heteroatoms. The van der Waals surface area contributed by atoms with Crippen LogP contribution in [0.25, 0.3) is 11.0 Å². The van der Waals surface area contributed by atoms with Gasteiger partial charge in [0.25, 0.3) is 5.56 Å². The Labute approximate surface area is 235 Å². The van der Waals surface area contributed by atoms with Crippen LogP contribution in [0.5, 0.6) is 0 Å². The molecule has 2 aromatic heterocycles. The molecule has 3 fully saturated rings. The Morgan fingerprint density at radius 1 is 1.15 bits per heavy atom. The summed E-state index contributed by atoms with van der Waals surface area (Å²) in [4.78, 5) is 23.2. The van der Waals surface area contributed by atoms with Crippen LogP contribution in [0.4, 0.5) is 16.0 Å². The average Bonchev–Trinajstić information content (AvgIpc) is 3.58. The molecule has 0 bridgehead atoms. The fourth-order valence-corrected chi connectivity index (χ4v) is 7.94. The van der Waals surface area contributed by atoms with E-state index >= 15 is 0 Å². The quantitative estimate of drug-likeness (QED) is 0.366. The number of halogens is 2. The van der Waals surface area contributed by atoms with E-state index in [9.17, 15) is 13.4 Å². The number of hydrogen-bond donors (Lipinski definition) is 1. The lowest BCUT2D eigenvalue weighted by molar-refractivity contribution is 0.0432. The fraction of sp³-hybridized carbons (Fsp3) is 0.552. The molecule has 39 heavy (non-hydrogen) atoms. The predicted octanol–water partition coefficient (Wildman–Crippen LogP) is 6.48. The van der Waals surface area contributed by atoms with Gasteiger partial charge in [-0.15, -0.1) is 0 Å². The third-order valence-electron chi connectivity index (χ3n) is 9.26. The van der Waals surface area contributed by atoms with Crippen molar-refractivity contribution in [1.82, 2.24) is 18.8 Å². The number of piperidine rings is 1. The van der Waals surface area contributed by atoms with Crippen molar-refractivity contribution in [2.75, 3.05) is 18.4 Å². The Morgan fingerprint density at radius 3 is 2.56 bits per heavy atom. The predicted molar refractivity (Wildman–Crippen MR) is 154 cm³/mol. The highest BCUT2D eigenvalue weighted by atomic mass is 35.5. The fourth-order valence-electron chi connectivity index (χ4n) is 6.46. The summed E-state index contributed by atoms with van der Waals surface area (Å²) in [6.45, 7) is 6.70. The molecule has 3 aromatic rings. The molecule has 208 valence electrons.